The third-order valence-corrected chi connectivity index (χ3v) is 5.63. The summed E-state index contributed by atoms with van der Waals surface area (Å²) >= 11 is 0. The molecule has 34 heavy (non-hydrogen) atoms. The Morgan fingerprint density at radius 1 is 0.735 bits per heavy atom. The van der Waals surface area contributed by atoms with Crippen molar-refractivity contribution in [3.63, 3.8) is 0 Å². The van der Waals surface area contributed by atoms with Crippen LogP contribution in [-0.4, -0.2) is 11.6 Å². The fourth-order valence-corrected chi connectivity index (χ4v) is 3.54. The minimum Gasteiger partial charge on any atom is -0.355 e. The van der Waals surface area contributed by atoms with Crippen LogP contribution >= 0.6 is 0 Å². The van der Waals surface area contributed by atoms with Gasteiger partial charge in [0.05, 0.1) is 17.0 Å². The van der Waals surface area contributed by atoms with Crippen LogP contribution < -0.4 is 10.7 Å². The number of rotatable bonds is 7. The van der Waals surface area contributed by atoms with Crippen molar-refractivity contribution in [1.29, 1.82) is 0 Å². The van der Waals surface area contributed by atoms with Gasteiger partial charge in [-0.1, -0.05) is 91.0 Å². The lowest BCUT2D eigenvalue weighted by Gasteiger charge is -2.14. The zero-order valence-corrected chi connectivity index (χ0v) is 19.3. The fraction of sp³-hybridized carbons (Fsp3) is 0.0667. The molecule has 0 saturated carbocycles. The number of anilines is 2. The summed E-state index contributed by atoms with van der Waals surface area (Å²) in [6.07, 6.45) is 3.89. The van der Waals surface area contributed by atoms with E-state index in [1.54, 1.807) is 6.07 Å². The molecule has 168 valence electrons. The highest BCUT2D eigenvalue weighted by molar-refractivity contribution is 6.11. The molecule has 0 radical (unpaired) electrons. The number of carbonyl (C=O) groups is 1. The molecule has 0 saturated heterocycles. The van der Waals surface area contributed by atoms with E-state index in [1.165, 1.54) is 5.56 Å². The second kappa shape index (κ2) is 10.9. The molecule has 0 unspecified atom stereocenters. The summed E-state index contributed by atoms with van der Waals surface area (Å²) in [5.74, 6) is -0.282. The third-order valence-electron chi connectivity index (χ3n) is 5.63. The molecule has 0 heterocycles. The number of carbonyl (C=O) groups excluding carboxylic acids is 1. The van der Waals surface area contributed by atoms with Crippen LogP contribution in [0.1, 0.15) is 32.6 Å². The average molecular weight is 446 g/mol. The smallest absolute Gasteiger partial charge is 0.273 e. The minimum atomic E-state index is -0.282. The molecule has 0 atom stereocenters. The maximum absolute atomic E-state index is 13.1. The summed E-state index contributed by atoms with van der Waals surface area (Å²) in [7, 11) is 0. The molecular formula is C30H27N3O. The minimum absolute atomic E-state index is 0.282. The number of amides is 1. The van der Waals surface area contributed by atoms with Crippen LogP contribution in [0.25, 0.3) is 6.08 Å². The highest BCUT2D eigenvalue weighted by Gasteiger charge is 2.12. The predicted molar refractivity (Wildman–Crippen MR) is 142 cm³/mol. The molecule has 0 aliphatic heterocycles. The number of hydrazone groups is 1. The summed E-state index contributed by atoms with van der Waals surface area (Å²) in [5, 5.41) is 7.87. The molecule has 4 aromatic carbocycles. The van der Waals surface area contributed by atoms with Gasteiger partial charge in [-0.05, 0) is 54.8 Å². The molecule has 0 aliphatic rings. The van der Waals surface area contributed by atoms with Gasteiger partial charge in [-0.15, -0.1) is 0 Å². The number of hydrogen-bond acceptors (Lipinski definition) is 3. The van der Waals surface area contributed by atoms with Gasteiger partial charge in [0, 0.05) is 11.3 Å². The molecule has 4 rings (SSSR count). The first-order chi connectivity index (χ1) is 16.6. The number of hydrogen-bond donors (Lipinski definition) is 2. The highest BCUT2D eigenvalue weighted by atomic mass is 16.2. The number of benzene rings is 4. The Kier molecular flexibility index (Phi) is 7.31. The summed E-state index contributed by atoms with van der Waals surface area (Å²) in [6, 6.07) is 33.3. The third kappa shape index (κ3) is 5.67. The van der Waals surface area contributed by atoms with Crippen LogP contribution in [0.5, 0.6) is 0 Å². The molecule has 1 amide bonds. The van der Waals surface area contributed by atoms with Crippen molar-refractivity contribution in [3.05, 3.63) is 137 Å². The van der Waals surface area contributed by atoms with E-state index < -0.39 is 0 Å². The molecule has 4 nitrogen and oxygen atoms in total. The number of aryl methyl sites for hydroxylation is 1. The van der Waals surface area contributed by atoms with Gasteiger partial charge in [-0.25, -0.2) is 5.43 Å². The van der Waals surface area contributed by atoms with Crippen LogP contribution in [0, 0.1) is 13.8 Å². The number of nitrogens with zero attached hydrogens (tertiary/aromatic N) is 1. The molecule has 0 fully saturated rings. The van der Waals surface area contributed by atoms with E-state index in [2.05, 4.69) is 35.8 Å². The molecular weight excluding hydrogens is 418 g/mol. The molecule has 2 N–H and O–H groups in total. The van der Waals surface area contributed by atoms with Gasteiger partial charge in [0.1, 0.15) is 0 Å². The normalized spacial score (nSPS) is 11.4. The molecule has 4 aromatic rings. The molecule has 0 aliphatic carbocycles. The van der Waals surface area contributed by atoms with Crippen LogP contribution in [0.3, 0.4) is 0 Å². The van der Waals surface area contributed by atoms with Gasteiger partial charge < -0.3 is 5.32 Å². The van der Waals surface area contributed by atoms with Crippen LogP contribution in [-0.2, 0) is 0 Å². The Balaban J connectivity index is 1.59. The SMILES string of the molecule is Cc1cccc(Nc2ccccc2C(=O)N/N=C(\C=C\c2ccccc2)c2ccccc2)c1C. The van der Waals surface area contributed by atoms with Crippen molar-refractivity contribution < 1.29 is 4.79 Å². The summed E-state index contributed by atoms with van der Waals surface area (Å²) < 4.78 is 0. The molecule has 0 bridgehead atoms. The van der Waals surface area contributed by atoms with E-state index in [0.29, 0.717) is 11.3 Å². The number of para-hydroxylation sites is 1. The summed E-state index contributed by atoms with van der Waals surface area (Å²) in [5.41, 5.74) is 9.93. The monoisotopic (exact) mass is 445 g/mol. The Morgan fingerprint density at radius 3 is 2.15 bits per heavy atom. The van der Waals surface area contributed by atoms with Gasteiger partial charge in [0.15, 0.2) is 0 Å². The van der Waals surface area contributed by atoms with Crippen LogP contribution in [0.2, 0.25) is 0 Å². The average Bonchev–Trinajstić information content (AvgIpc) is 2.88. The highest BCUT2D eigenvalue weighted by Crippen LogP contribution is 2.25. The first-order valence-corrected chi connectivity index (χ1v) is 11.2. The van der Waals surface area contributed by atoms with Crippen molar-refractivity contribution >= 4 is 29.1 Å². The van der Waals surface area contributed by atoms with Crippen molar-refractivity contribution in [3.8, 4) is 0 Å². The molecule has 4 heteroatoms. The van der Waals surface area contributed by atoms with Gasteiger partial charge in [0.25, 0.3) is 5.91 Å². The summed E-state index contributed by atoms with van der Waals surface area (Å²) in [4.78, 5) is 13.1. The fourth-order valence-electron chi connectivity index (χ4n) is 3.54. The number of allylic oxidation sites excluding steroid dienone is 1. The van der Waals surface area contributed by atoms with E-state index in [0.717, 1.165) is 28.1 Å². The maximum atomic E-state index is 13.1. The Morgan fingerprint density at radius 2 is 1.38 bits per heavy atom. The van der Waals surface area contributed by atoms with Crippen molar-refractivity contribution in [2.75, 3.05) is 5.32 Å². The molecule has 0 aromatic heterocycles. The van der Waals surface area contributed by atoms with Gasteiger partial charge in [0.2, 0.25) is 0 Å². The predicted octanol–water partition coefficient (Wildman–Crippen LogP) is 6.89. The van der Waals surface area contributed by atoms with E-state index in [9.17, 15) is 4.79 Å². The van der Waals surface area contributed by atoms with Crippen molar-refractivity contribution in [1.82, 2.24) is 5.43 Å². The topological polar surface area (TPSA) is 53.5 Å². The quantitative estimate of drug-likeness (QED) is 0.240. The van der Waals surface area contributed by atoms with Crippen molar-refractivity contribution in [2.45, 2.75) is 13.8 Å². The number of nitrogens with one attached hydrogen (secondary N) is 2. The lowest BCUT2D eigenvalue weighted by atomic mass is 10.1. The summed E-state index contributed by atoms with van der Waals surface area (Å²) in [6.45, 7) is 4.14. The first-order valence-electron chi connectivity index (χ1n) is 11.2. The Labute approximate surface area is 200 Å². The zero-order valence-electron chi connectivity index (χ0n) is 19.3. The van der Waals surface area contributed by atoms with Crippen LogP contribution in [0.15, 0.2) is 114 Å². The van der Waals surface area contributed by atoms with E-state index in [4.69, 9.17) is 0 Å². The standard InChI is InChI=1S/C30H27N3O/c1-22-12-11-19-27(23(22)2)31-29-18-10-9-17-26(29)30(34)33-32-28(25-15-7-4-8-16-25)21-20-24-13-5-3-6-14-24/h3-21,31H,1-2H3,(H,33,34)/b21-20+,32-28+. The largest absolute Gasteiger partial charge is 0.355 e. The maximum Gasteiger partial charge on any atom is 0.273 e. The second-order valence-corrected chi connectivity index (χ2v) is 7.97. The Hall–Kier alpha value is -4.44. The van der Waals surface area contributed by atoms with Crippen LogP contribution in [0.4, 0.5) is 11.4 Å². The van der Waals surface area contributed by atoms with E-state index >= 15 is 0 Å². The van der Waals surface area contributed by atoms with E-state index in [1.807, 2.05) is 103 Å². The van der Waals surface area contributed by atoms with Crippen molar-refractivity contribution in [2.24, 2.45) is 5.10 Å². The first kappa shape index (κ1) is 22.7. The van der Waals surface area contributed by atoms with E-state index in [-0.39, 0.29) is 5.91 Å². The lowest BCUT2D eigenvalue weighted by Crippen LogP contribution is -2.20. The van der Waals surface area contributed by atoms with Gasteiger partial charge in [-0.3, -0.25) is 4.79 Å². The molecule has 0 spiro atoms. The van der Waals surface area contributed by atoms with Gasteiger partial charge in [-0.2, -0.15) is 5.10 Å². The Bertz CT molecular complexity index is 1330. The van der Waals surface area contributed by atoms with Gasteiger partial charge >= 0.3 is 0 Å². The second-order valence-electron chi connectivity index (χ2n) is 7.97. The zero-order chi connectivity index (χ0) is 23.8. The lowest BCUT2D eigenvalue weighted by molar-refractivity contribution is 0.0956.